The van der Waals surface area contributed by atoms with Crippen LogP contribution in [-0.2, 0) is 22.7 Å². The zero-order valence-corrected chi connectivity index (χ0v) is 35.3. The van der Waals surface area contributed by atoms with Crippen molar-refractivity contribution in [2.75, 3.05) is 47.4 Å². The Morgan fingerprint density at radius 1 is 0.645 bits per heavy atom. The average Bonchev–Trinajstić information content (AvgIpc) is 3.29. The summed E-state index contributed by atoms with van der Waals surface area (Å²) in [6.07, 6.45) is 5.37. The number of hydrogen-bond donors (Lipinski definition) is 6. The summed E-state index contributed by atoms with van der Waals surface area (Å²) in [6.45, 7) is 3.51. The fourth-order valence-electron chi connectivity index (χ4n) is 8.00. The van der Waals surface area contributed by atoms with Crippen molar-refractivity contribution in [2.45, 2.75) is 38.3 Å². The number of hydrogen-bond acceptors (Lipinski definition) is 8. The van der Waals surface area contributed by atoms with Crippen LogP contribution in [0.3, 0.4) is 0 Å². The van der Waals surface area contributed by atoms with Crippen molar-refractivity contribution in [3.05, 3.63) is 154 Å². The molecule has 1 unspecified atom stereocenters. The van der Waals surface area contributed by atoms with Gasteiger partial charge in [0.1, 0.15) is 23.3 Å². The number of amides is 2. The highest BCUT2D eigenvalue weighted by Gasteiger charge is 2.29. The number of carbonyl (C=O) groups excluding carboxylic acids is 2. The largest absolute Gasteiger partial charge is 0.381 e. The third kappa shape index (κ3) is 10.9. The highest BCUT2D eigenvalue weighted by atomic mass is 35.5. The van der Waals surface area contributed by atoms with Crippen LogP contribution in [0.2, 0.25) is 10.0 Å². The maximum absolute atomic E-state index is 15.2. The minimum atomic E-state index is -0.389. The van der Waals surface area contributed by atoms with Gasteiger partial charge >= 0.3 is 0 Å². The molecule has 10 nitrogen and oxygen atoms in total. The number of nitrogens with one attached hydrogen (secondary N) is 6. The predicted molar refractivity (Wildman–Crippen MR) is 243 cm³/mol. The Hall–Kier alpha value is -5.92. The molecule has 6 aromatic rings. The van der Waals surface area contributed by atoms with Crippen LogP contribution in [0.5, 0.6) is 0 Å². The number of benzene rings is 4. The van der Waals surface area contributed by atoms with Gasteiger partial charge in [-0.05, 0) is 120 Å². The van der Waals surface area contributed by atoms with E-state index in [1.807, 2.05) is 54.6 Å². The zero-order chi connectivity index (χ0) is 43.0. The van der Waals surface area contributed by atoms with Crippen molar-refractivity contribution in [3.8, 4) is 22.3 Å². The van der Waals surface area contributed by atoms with Crippen LogP contribution in [0.1, 0.15) is 41.9 Å². The first-order valence-corrected chi connectivity index (χ1v) is 21.5. The molecule has 0 bridgehead atoms. The molecule has 2 fully saturated rings. The summed E-state index contributed by atoms with van der Waals surface area (Å²) in [7, 11) is 0. The number of pyridine rings is 2. The molecule has 62 heavy (non-hydrogen) atoms. The molecular weight excluding hydrogens is 829 g/mol. The van der Waals surface area contributed by atoms with E-state index in [0.29, 0.717) is 66.4 Å². The molecule has 0 saturated carbocycles. The second kappa shape index (κ2) is 19.9. The van der Waals surface area contributed by atoms with E-state index in [-0.39, 0.29) is 41.2 Å². The lowest BCUT2D eigenvalue weighted by atomic mass is 9.84. The number of anilines is 4. The maximum Gasteiger partial charge on any atom is 0.229 e. The van der Waals surface area contributed by atoms with E-state index in [9.17, 15) is 14.0 Å². The van der Waals surface area contributed by atoms with E-state index in [1.165, 1.54) is 24.4 Å². The first-order chi connectivity index (χ1) is 30.1. The van der Waals surface area contributed by atoms with Crippen LogP contribution in [0.15, 0.2) is 116 Å². The van der Waals surface area contributed by atoms with Crippen molar-refractivity contribution in [3.63, 3.8) is 0 Å². The van der Waals surface area contributed by atoms with Gasteiger partial charge in [-0.3, -0.25) is 9.59 Å². The van der Waals surface area contributed by atoms with Crippen molar-refractivity contribution in [1.82, 2.24) is 20.6 Å². The Balaban J connectivity index is 0.889. The SMILES string of the molecule is O=C(Nc1cc(-c2cccc(NCc3cc(F)cc(C4CNC[C@H](C(=O)Nc5cc(-c6cccc(NCc7ccc(F)cc7)c6)c(Cl)cn5)C4)c3)c2)c(Cl)cn1)[C@@H]1CCCNC1. The number of piperidine rings is 2. The van der Waals surface area contributed by atoms with E-state index in [0.717, 1.165) is 64.1 Å². The molecule has 2 saturated heterocycles. The van der Waals surface area contributed by atoms with Gasteiger partial charge in [0.25, 0.3) is 0 Å². The fourth-order valence-corrected chi connectivity index (χ4v) is 8.43. The monoisotopic (exact) mass is 874 g/mol. The first kappa shape index (κ1) is 42.8. The van der Waals surface area contributed by atoms with Crippen LogP contribution in [-0.4, -0.2) is 48.0 Å². The van der Waals surface area contributed by atoms with Crippen LogP contribution >= 0.6 is 23.2 Å². The van der Waals surface area contributed by atoms with E-state index < -0.39 is 0 Å². The Kier molecular flexibility index (Phi) is 13.7. The summed E-state index contributed by atoms with van der Waals surface area (Å²) in [4.78, 5) is 35.3. The molecule has 2 aromatic heterocycles. The normalized spacial score (nSPS) is 17.5. The number of halogens is 4. The molecule has 8 rings (SSSR count). The van der Waals surface area contributed by atoms with Gasteiger partial charge in [-0.25, -0.2) is 18.7 Å². The molecule has 0 aliphatic carbocycles. The van der Waals surface area contributed by atoms with E-state index in [1.54, 1.807) is 36.5 Å². The first-order valence-electron chi connectivity index (χ1n) is 20.7. The summed E-state index contributed by atoms with van der Waals surface area (Å²) < 4.78 is 28.5. The third-order valence-electron chi connectivity index (χ3n) is 11.3. The van der Waals surface area contributed by atoms with Crippen molar-refractivity contribution in [2.24, 2.45) is 11.8 Å². The summed E-state index contributed by atoms with van der Waals surface area (Å²) in [6, 6.07) is 30.4. The number of rotatable bonds is 13. The summed E-state index contributed by atoms with van der Waals surface area (Å²) in [5.74, 6) is -0.685. The van der Waals surface area contributed by atoms with Crippen molar-refractivity contribution >= 4 is 58.0 Å². The van der Waals surface area contributed by atoms with Gasteiger partial charge in [0.05, 0.1) is 21.9 Å². The molecule has 3 atom stereocenters. The average molecular weight is 876 g/mol. The molecule has 2 amide bonds. The molecule has 6 N–H and O–H groups in total. The molecule has 2 aliphatic rings. The summed E-state index contributed by atoms with van der Waals surface area (Å²) in [5, 5.41) is 20.2. The van der Waals surface area contributed by atoms with E-state index in [4.69, 9.17) is 23.2 Å². The van der Waals surface area contributed by atoms with Crippen LogP contribution in [0.25, 0.3) is 22.3 Å². The molecular formula is C48H46Cl2F2N8O2. The van der Waals surface area contributed by atoms with Gasteiger partial charge in [0, 0.05) is 67.6 Å². The lowest BCUT2D eigenvalue weighted by Gasteiger charge is -2.30. The second-order valence-electron chi connectivity index (χ2n) is 15.8. The fraction of sp³-hybridized carbons (Fsp3) is 0.250. The van der Waals surface area contributed by atoms with Crippen molar-refractivity contribution < 1.29 is 18.4 Å². The second-order valence-corrected chi connectivity index (χ2v) is 16.6. The van der Waals surface area contributed by atoms with Crippen LogP contribution in [0, 0.1) is 23.5 Å². The molecule has 0 radical (unpaired) electrons. The van der Waals surface area contributed by atoms with Gasteiger partial charge in [-0.1, -0.05) is 65.7 Å². The zero-order valence-electron chi connectivity index (χ0n) is 33.8. The molecule has 4 aromatic carbocycles. The van der Waals surface area contributed by atoms with Gasteiger partial charge in [0.2, 0.25) is 11.8 Å². The smallest absolute Gasteiger partial charge is 0.229 e. The molecule has 318 valence electrons. The van der Waals surface area contributed by atoms with Gasteiger partial charge in [-0.15, -0.1) is 0 Å². The highest BCUT2D eigenvalue weighted by Crippen LogP contribution is 2.34. The Labute approximate surface area is 369 Å². The van der Waals surface area contributed by atoms with E-state index >= 15 is 4.39 Å². The lowest BCUT2D eigenvalue weighted by Crippen LogP contribution is -2.41. The van der Waals surface area contributed by atoms with Crippen LogP contribution < -0.4 is 31.9 Å². The summed E-state index contributed by atoms with van der Waals surface area (Å²) >= 11 is 13.2. The van der Waals surface area contributed by atoms with Crippen LogP contribution in [0.4, 0.5) is 31.8 Å². The summed E-state index contributed by atoms with van der Waals surface area (Å²) in [5.41, 5.74) is 7.27. The Morgan fingerprint density at radius 3 is 1.85 bits per heavy atom. The lowest BCUT2D eigenvalue weighted by molar-refractivity contribution is -0.121. The van der Waals surface area contributed by atoms with E-state index in [2.05, 4.69) is 41.9 Å². The molecule has 14 heteroatoms. The van der Waals surface area contributed by atoms with Gasteiger partial charge < -0.3 is 31.9 Å². The predicted octanol–water partition coefficient (Wildman–Crippen LogP) is 9.89. The standard InChI is InChI=1S/C48H46Cl2F2N8O2/c49-43-27-57-45(59-47(61)33-6-3-13-53-24-33)20-41(43)32-5-2-8-40(19-32)56-23-30-14-34(17-38(52)15-30)35-16-36(26-54-25-35)48(62)60-46-21-42(44(50)28-58-46)31-4-1-7-39(18-31)55-22-29-9-11-37(51)12-10-29/h1-2,4-5,7-12,14-15,17-21,27-28,33,35-36,53-56H,3,6,13,16,22-26H2,(H,57,59,61)(H,58,60,62)/t33-,35?,36-/m1/s1. The molecule has 2 aliphatic heterocycles. The Bertz CT molecular complexity index is 2550. The quantitative estimate of drug-likeness (QED) is 0.0677. The minimum absolute atomic E-state index is 0.0657. The Morgan fingerprint density at radius 2 is 1.24 bits per heavy atom. The number of aromatic nitrogens is 2. The highest BCUT2D eigenvalue weighted by molar-refractivity contribution is 6.33. The molecule has 4 heterocycles. The van der Waals surface area contributed by atoms with Gasteiger partial charge in [-0.2, -0.15) is 0 Å². The van der Waals surface area contributed by atoms with Gasteiger partial charge in [0.15, 0.2) is 0 Å². The number of carbonyl (C=O) groups is 2. The minimum Gasteiger partial charge on any atom is -0.381 e. The van der Waals surface area contributed by atoms with Crippen molar-refractivity contribution in [1.29, 1.82) is 0 Å². The topological polar surface area (TPSA) is 132 Å². The maximum atomic E-state index is 15.2. The third-order valence-corrected chi connectivity index (χ3v) is 11.9. The molecule has 0 spiro atoms. The number of nitrogens with zero attached hydrogens (tertiary/aromatic N) is 2.